The average molecular weight is 349 g/mol. The van der Waals surface area contributed by atoms with E-state index in [1.807, 2.05) is 0 Å². The molecule has 0 aliphatic carbocycles. The zero-order valence-electron chi connectivity index (χ0n) is 11.3. The van der Waals surface area contributed by atoms with Gasteiger partial charge < -0.3 is 9.84 Å². The Morgan fingerprint density at radius 3 is 2.48 bits per heavy atom. The number of halogens is 1. The van der Waals surface area contributed by atoms with E-state index in [4.69, 9.17) is 9.84 Å². The van der Waals surface area contributed by atoms with Gasteiger partial charge in [0.25, 0.3) is 0 Å². The third kappa shape index (κ3) is 3.70. The number of hydrogen-bond acceptors (Lipinski definition) is 3. The van der Waals surface area contributed by atoms with E-state index in [9.17, 15) is 9.59 Å². The first-order chi connectivity index (χ1) is 9.99. The van der Waals surface area contributed by atoms with Crippen LogP contribution in [0.5, 0.6) is 5.75 Å². The fourth-order valence-electron chi connectivity index (χ4n) is 1.89. The van der Waals surface area contributed by atoms with E-state index in [0.717, 1.165) is 0 Å². The number of benzene rings is 2. The Morgan fingerprint density at radius 2 is 1.86 bits per heavy atom. The lowest BCUT2D eigenvalue weighted by molar-refractivity contribution is 0.0693. The second-order valence-electron chi connectivity index (χ2n) is 4.45. The van der Waals surface area contributed by atoms with Gasteiger partial charge in [-0.15, -0.1) is 0 Å². The first-order valence-corrected chi connectivity index (χ1v) is 7.03. The average Bonchev–Trinajstić information content (AvgIpc) is 2.45. The van der Waals surface area contributed by atoms with Gasteiger partial charge in [-0.1, -0.05) is 18.2 Å². The van der Waals surface area contributed by atoms with Gasteiger partial charge in [0.2, 0.25) is 0 Å². The van der Waals surface area contributed by atoms with Crippen LogP contribution >= 0.6 is 15.9 Å². The molecule has 2 rings (SSSR count). The summed E-state index contributed by atoms with van der Waals surface area (Å²) in [4.78, 5) is 22.4. The molecule has 0 unspecified atom stereocenters. The molecule has 0 aliphatic heterocycles. The highest BCUT2D eigenvalue weighted by Gasteiger charge is 2.10. The van der Waals surface area contributed by atoms with Crippen molar-refractivity contribution in [3.63, 3.8) is 0 Å². The van der Waals surface area contributed by atoms with Crippen LogP contribution in [0.15, 0.2) is 46.9 Å². The summed E-state index contributed by atoms with van der Waals surface area (Å²) >= 11 is 3.32. The Hall–Kier alpha value is -2.14. The molecule has 5 heteroatoms. The van der Waals surface area contributed by atoms with Crippen LogP contribution in [0.2, 0.25) is 0 Å². The van der Waals surface area contributed by atoms with Crippen LogP contribution in [0, 0.1) is 0 Å². The first-order valence-electron chi connectivity index (χ1n) is 6.23. The van der Waals surface area contributed by atoms with Gasteiger partial charge in [0, 0.05) is 15.6 Å². The largest absolute Gasteiger partial charge is 0.489 e. The molecule has 0 atom stereocenters. The zero-order valence-corrected chi connectivity index (χ0v) is 12.9. The molecule has 0 heterocycles. The van der Waals surface area contributed by atoms with E-state index in [2.05, 4.69) is 15.9 Å². The van der Waals surface area contributed by atoms with Gasteiger partial charge in [-0.2, -0.15) is 0 Å². The third-order valence-electron chi connectivity index (χ3n) is 2.96. The van der Waals surface area contributed by atoms with Gasteiger partial charge in [-0.3, -0.25) is 4.79 Å². The monoisotopic (exact) mass is 348 g/mol. The number of carboxylic acids is 1. The van der Waals surface area contributed by atoms with E-state index in [1.165, 1.54) is 13.0 Å². The van der Waals surface area contributed by atoms with Crippen molar-refractivity contribution < 1.29 is 19.4 Å². The fraction of sp³-hybridized carbons (Fsp3) is 0.125. The number of carboxylic acid groups (broad SMARTS) is 1. The van der Waals surface area contributed by atoms with E-state index in [-0.39, 0.29) is 18.0 Å². The van der Waals surface area contributed by atoms with Gasteiger partial charge in [0.1, 0.15) is 12.4 Å². The minimum absolute atomic E-state index is 0.0374. The minimum Gasteiger partial charge on any atom is -0.489 e. The van der Waals surface area contributed by atoms with Gasteiger partial charge in [0.15, 0.2) is 5.78 Å². The molecule has 108 valence electrons. The number of Topliss-reactive ketones (excluding diaryl/α,β-unsaturated/α-hetero) is 1. The van der Waals surface area contributed by atoms with Crippen molar-refractivity contribution in [3.05, 3.63) is 63.6 Å². The van der Waals surface area contributed by atoms with E-state index in [1.54, 1.807) is 36.4 Å². The maximum absolute atomic E-state index is 11.3. The standard InChI is InChI=1S/C16H13BrO4/c1-10(18)13-7-6-12(8-15(13)17)21-9-11-4-2-3-5-14(11)16(19)20/h2-8H,9H2,1H3,(H,19,20). The predicted molar refractivity (Wildman–Crippen MR) is 81.9 cm³/mol. The quantitative estimate of drug-likeness (QED) is 0.831. The summed E-state index contributed by atoms with van der Waals surface area (Å²) in [6.45, 7) is 1.64. The first kappa shape index (κ1) is 15.3. The highest BCUT2D eigenvalue weighted by atomic mass is 79.9. The van der Waals surface area contributed by atoms with Crippen LogP contribution in [0.3, 0.4) is 0 Å². The molecule has 1 N–H and O–H groups in total. The van der Waals surface area contributed by atoms with Gasteiger partial charge >= 0.3 is 5.97 Å². The van der Waals surface area contributed by atoms with Crippen molar-refractivity contribution >= 4 is 27.7 Å². The summed E-state index contributed by atoms with van der Waals surface area (Å²) < 4.78 is 6.25. The van der Waals surface area contributed by atoms with Crippen molar-refractivity contribution in [2.45, 2.75) is 13.5 Å². The summed E-state index contributed by atoms with van der Waals surface area (Å²) in [5.41, 5.74) is 1.39. The van der Waals surface area contributed by atoms with Crippen LogP contribution in [0.4, 0.5) is 0 Å². The predicted octanol–water partition coefficient (Wildman–Crippen LogP) is 3.93. The Morgan fingerprint density at radius 1 is 1.14 bits per heavy atom. The van der Waals surface area contributed by atoms with Crippen LogP contribution in [0.1, 0.15) is 33.2 Å². The molecule has 0 saturated carbocycles. The lowest BCUT2D eigenvalue weighted by Crippen LogP contribution is -2.05. The van der Waals surface area contributed by atoms with Crippen molar-refractivity contribution in [1.29, 1.82) is 0 Å². The molecule has 0 bridgehead atoms. The highest BCUT2D eigenvalue weighted by molar-refractivity contribution is 9.10. The molecule has 0 aliphatic rings. The Kier molecular flexibility index (Phi) is 4.75. The van der Waals surface area contributed by atoms with Crippen molar-refractivity contribution in [3.8, 4) is 5.75 Å². The molecule has 0 aromatic heterocycles. The molecule has 2 aromatic carbocycles. The fourth-order valence-corrected chi connectivity index (χ4v) is 2.52. The molecular formula is C16H13BrO4. The van der Waals surface area contributed by atoms with Crippen LogP contribution in [0.25, 0.3) is 0 Å². The second kappa shape index (κ2) is 6.54. The van der Waals surface area contributed by atoms with Gasteiger partial charge in [0.05, 0.1) is 5.56 Å². The summed E-state index contributed by atoms with van der Waals surface area (Å²) in [5.74, 6) is -0.459. The SMILES string of the molecule is CC(=O)c1ccc(OCc2ccccc2C(=O)O)cc1Br. The molecule has 21 heavy (non-hydrogen) atoms. The number of carbonyl (C=O) groups is 2. The number of ketones is 1. The zero-order chi connectivity index (χ0) is 15.4. The molecule has 2 aromatic rings. The van der Waals surface area contributed by atoms with Gasteiger partial charge in [-0.25, -0.2) is 4.79 Å². The number of carbonyl (C=O) groups excluding carboxylic acids is 1. The van der Waals surface area contributed by atoms with Crippen molar-refractivity contribution in [2.75, 3.05) is 0 Å². The highest BCUT2D eigenvalue weighted by Crippen LogP contribution is 2.24. The van der Waals surface area contributed by atoms with Crippen LogP contribution in [-0.4, -0.2) is 16.9 Å². The maximum Gasteiger partial charge on any atom is 0.336 e. The van der Waals surface area contributed by atoms with Crippen molar-refractivity contribution in [2.24, 2.45) is 0 Å². The lowest BCUT2D eigenvalue weighted by atomic mass is 10.1. The molecule has 0 saturated heterocycles. The van der Waals surface area contributed by atoms with Gasteiger partial charge in [-0.05, 0) is 47.1 Å². The number of hydrogen-bond donors (Lipinski definition) is 1. The molecule has 4 nitrogen and oxygen atoms in total. The Labute approximate surface area is 130 Å². The second-order valence-corrected chi connectivity index (χ2v) is 5.30. The number of ether oxygens (including phenoxy) is 1. The van der Waals surface area contributed by atoms with E-state index < -0.39 is 5.97 Å². The normalized spacial score (nSPS) is 10.2. The molecule has 0 spiro atoms. The van der Waals surface area contributed by atoms with Crippen molar-refractivity contribution in [1.82, 2.24) is 0 Å². The van der Waals surface area contributed by atoms with E-state index >= 15 is 0 Å². The van der Waals surface area contributed by atoms with Crippen LogP contribution < -0.4 is 4.74 Å². The summed E-state index contributed by atoms with van der Waals surface area (Å²) in [6.07, 6.45) is 0. The number of rotatable bonds is 5. The Bertz CT molecular complexity index is 694. The smallest absolute Gasteiger partial charge is 0.336 e. The maximum atomic E-state index is 11.3. The molecule has 0 fully saturated rings. The third-order valence-corrected chi connectivity index (χ3v) is 3.62. The molecule has 0 radical (unpaired) electrons. The number of aromatic carboxylic acids is 1. The summed E-state index contributed by atoms with van der Waals surface area (Å²) in [7, 11) is 0. The van der Waals surface area contributed by atoms with E-state index in [0.29, 0.717) is 21.3 Å². The molecular weight excluding hydrogens is 336 g/mol. The molecule has 0 amide bonds. The lowest BCUT2D eigenvalue weighted by Gasteiger charge is -2.10. The Balaban J connectivity index is 2.16. The summed E-state index contributed by atoms with van der Waals surface area (Å²) in [6, 6.07) is 11.7. The minimum atomic E-state index is -0.984. The van der Waals surface area contributed by atoms with Crippen LogP contribution in [-0.2, 0) is 6.61 Å². The topological polar surface area (TPSA) is 63.6 Å². The summed E-state index contributed by atoms with van der Waals surface area (Å²) in [5, 5.41) is 9.10.